The number of nitrogens with one attached hydrogen (secondary N) is 2. The fraction of sp³-hybridized carbons (Fsp3) is 0.263. The molecule has 0 bridgehead atoms. The van der Waals surface area contributed by atoms with Crippen LogP contribution >= 0.6 is 11.8 Å². The number of hydrogen-bond donors (Lipinski definition) is 2. The molecule has 0 saturated carbocycles. The molecule has 0 radical (unpaired) electrons. The Bertz CT molecular complexity index is 732. The minimum absolute atomic E-state index is 0.144. The number of esters is 1. The van der Waals surface area contributed by atoms with Gasteiger partial charge in [-0.25, -0.2) is 4.79 Å². The third-order valence-corrected chi connectivity index (χ3v) is 4.48. The van der Waals surface area contributed by atoms with E-state index in [1.54, 1.807) is 36.0 Å². The monoisotopic (exact) mass is 359 g/mol. The smallest absolute Gasteiger partial charge is 0.339 e. The summed E-state index contributed by atoms with van der Waals surface area (Å²) in [4.78, 5) is 26.3. The molecule has 6 heteroatoms. The Morgan fingerprint density at radius 2 is 1.80 bits per heavy atom. The number of para-hydroxylation sites is 1. The van der Waals surface area contributed by atoms with Crippen LogP contribution in [0.15, 0.2) is 53.4 Å². The van der Waals surface area contributed by atoms with E-state index in [9.17, 15) is 9.59 Å². The second kappa shape index (κ2) is 9.25. The van der Waals surface area contributed by atoms with Crippen LogP contribution in [0.5, 0.6) is 0 Å². The van der Waals surface area contributed by atoms with Crippen LogP contribution in [-0.4, -0.2) is 38.8 Å². The zero-order valence-corrected chi connectivity index (χ0v) is 15.5. The highest BCUT2D eigenvalue weighted by molar-refractivity contribution is 7.98. The summed E-state index contributed by atoms with van der Waals surface area (Å²) in [5.41, 5.74) is 2.00. The van der Waals surface area contributed by atoms with E-state index >= 15 is 0 Å². The van der Waals surface area contributed by atoms with Crippen molar-refractivity contribution in [2.45, 2.75) is 11.4 Å². The van der Waals surface area contributed by atoms with Crippen LogP contribution in [0.4, 0.5) is 5.69 Å². The molecule has 2 aromatic rings. The topological polar surface area (TPSA) is 59.8 Å². The van der Waals surface area contributed by atoms with Gasteiger partial charge in [-0.15, -0.1) is 11.8 Å². The number of benzene rings is 2. The largest absolute Gasteiger partial charge is 0.465 e. The first-order valence-corrected chi connectivity index (χ1v) is 9.17. The van der Waals surface area contributed by atoms with Crippen LogP contribution in [-0.2, 0) is 16.1 Å². The highest BCUT2D eigenvalue weighted by atomic mass is 32.2. The Kier molecular flexibility index (Phi) is 7.03. The summed E-state index contributed by atoms with van der Waals surface area (Å²) < 4.78 is 4.74. The van der Waals surface area contributed by atoms with Gasteiger partial charge >= 0.3 is 5.97 Å². The lowest BCUT2D eigenvalue weighted by Gasteiger charge is -2.15. The molecule has 1 amide bonds. The molecule has 0 aliphatic heterocycles. The summed E-state index contributed by atoms with van der Waals surface area (Å²) in [6.07, 6.45) is 2.04. The van der Waals surface area contributed by atoms with Crippen molar-refractivity contribution in [3.8, 4) is 0 Å². The van der Waals surface area contributed by atoms with Crippen molar-refractivity contribution in [1.82, 2.24) is 0 Å². The van der Waals surface area contributed by atoms with Crippen LogP contribution in [0.1, 0.15) is 15.9 Å². The van der Waals surface area contributed by atoms with Gasteiger partial charge in [-0.2, -0.15) is 0 Å². The molecule has 2 rings (SSSR count). The van der Waals surface area contributed by atoms with E-state index in [2.05, 4.69) is 29.6 Å². The van der Waals surface area contributed by atoms with Gasteiger partial charge < -0.3 is 15.0 Å². The van der Waals surface area contributed by atoms with Crippen molar-refractivity contribution in [1.29, 1.82) is 0 Å². The molecule has 2 N–H and O–H groups in total. The molecule has 25 heavy (non-hydrogen) atoms. The fourth-order valence-corrected chi connectivity index (χ4v) is 2.91. The van der Waals surface area contributed by atoms with Gasteiger partial charge in [0.05, 0.1) is 25.4 Å². The van der Waals surface area contributed by atoms with Crippen molar-refractivity contribution in [3.63, 3.8) is 0 Å². The molecule has 0 heterocycles. The lowest BCUT2D eigenvalue weighted by molar-refractivity contribution is -0.885. The average molecular weight is 359 g/mol. The second-order valence-electron chi connectivity index (χ2n) is 5.74. The van der Waals surface area contributed by atoms with Crippen molar-refractivity contribution < 1.29 is 19.2 Å². The van der Waals surface area contributed by atoms with Gasteiger partial charge in [0.2, 0.25) is 0 Å². The normalized spacial score (nSPS) is 11.6. The second-order valence-corrected chi connectivity index (χ2v) is 6.62. The quantitative estimate of drug-likeness (QED) is 0.585. The molecule has 0 fully saturated rings. The van der Waals surface area contributed by atoms with Crippen molar-refractivity contribution in [3.05, 3.63) is 59.7 Å². The molecule has 0 aliphatic carbocycles. The molecular formula is C19H23N2O3S+. The minimum atomic E-state index is -0.467. The molecule has 0 aliphatic rings. The number of carbonyl (C=O) groups excluding carboxylic acids is 2. The van der Waals surface area contributed by atoms with Gasteiger partial charge in [0.1, 0.15) is 6.54 Å². The molecule has 132 valence electrons. The van der Waals surface area contributed by atoms with E-state index < -0.39 is 5.97 Å². The third kappa shape index (κ3) is 5.62. The summed E-state index contributed by atoms with van der Waals surface area (Å²) in [6, 6.07) is 15.2. The molecule has 5 nitrogen and oxygen atoms in total. The highest BCUT2D eigenvalue weighted by Gasteiger charge is 2.16. The Hall–Kier alpha value is -2.31. The summed E-state index contributed by atoms with van der Waals surface area (Å²) in [7, 11) is 3.29. The standard InChI is InChI=1S/C19H22N2O3S/c1-21(12-14-8-10-15(25-3)11-9-14)13-18(22)20-17-7-5-4-6-16(17)19(23)24-2/h4-11H,12-13H2,1-3H3,(H,20,22)/p+1. The maximum absolute atomic E-state index is 12.3. The minimum Gasteiger partial charge on any atom is -0.465 e. The Labute approximate surface area is 152 Å². The Balaban J connectivity index is 1.94. The van der Waals surface area contributed by atoms with Gasteiger partial charge in [0.25, 0.3) is 5.91 Å². The number of carbonyl (C=O) groups is 2. The van der Waals surface area contributed by atoms with E-state index in [4.69, 9.17) is 4.74 Å². The molecule has 1 unspecified atom stereocenters. The molecule has 0 aromatic heterocycles. The van der Waals surface area contributed by atoms with Crippen LogP contribution < -0.4 is 10.2 Å². The average Bonchev–Trinajstić information content (AvgIpc) is 2.62. The summed E-state index contributed by atoms with van der Waals surface area (Å²) in [5, 5.41) is 2.80. The van der Waals surface area contributed by atoms with Crippen LogP contribution in [0.2, 0.25) is 0 Å². The number of quaternary nitrogens is 1. The van der Waals surface area contributed by atoms with Crippen molar-refractivity contribution >= 4 is 29.3 Å². The first-order valence-electron chi connectivity index (χ1n) is 7.95. The first kappa shape index (κ1) is 19.0. The Morgan fingerprint density at radius 3 is 2.44 bits per heavy atom. The van der Waals surface area contributed by atoms with E-state index in [1.165, 1.54) is 17.6 Å². The van der Waals surface area contributed by atoms with Crippen molar-refractivity contribution in [2.75, 3.05) is 32.3 Å². The zero-order chi connectivity index (χ0) is 18.2. The summed E-state index contributed by atoms with van der Waals surface area (Å²) >= 11 is 1.71. The van der Waals surface area contributed by atoms with Gasteiger partial charge in [0, 0.05) is 10.5 Å². The zero-order valence-electron chi connectivity index (χ0n) is 14.7. The van der Waals surface area contributed by atoms with Gasteiger partial charge in [-0.05, 0) is 30.5 Å². The van der Waals surface area contributed by atoms with Gasteiger partial charge in [0.15, 0.2) is 6.54 Å². The number of ether oxygens (including phenoxy) is 1. The number of thioether (sulfide) groups is 1. The number of rotatable bonds is 7. The number of likely N-dealkylation sites (N-methyl/N-ethyl adjacent to an activating group) is 1. The highest BCUT2D eigenvalue weighted by Crippen LogP contribution is 2.16. The molecule has 0 saturated heterocycles. The van der Waals surface area contributed by atoms with E-state index in [0.29, 0.717) is 17.8 Å². The molecule has 0 spiro atoms. The van der Waals surface area contributed by atoms with E-state index in [-0.39, 0.29) is 5.91 Å². The first-order chi connectivity index (χ1) is 12.0. The maximum atomic E-state index is 12.3. The lowest BCUT2D eigenvalue weighted by Crippen LogP contribution is -3.08. The maximum Gasteiger partial charge on any atom is 0.339 e. The predicted molar refractivity (Wildman–Crippen MR) is 100 cm³/mol. The van der Waals surface area contributed by atoms with E-state index in [1.807, 2.05) is 13.3 Å². The van der Waals surface area contributed by atoms with Crippen LogP contribution in [0.25, 0.3) is 0 Å². The SMILES string of the molecule is COC(=O)c1ccccc1NC(=O)C[NH+](C)Cc1ccc(SC)cc1. The summed E-state index contributed by atoms with van der Waals surface area (Å²) in [6.45, 7) is 1.06. The Morgan fingerprint density at radius 1 is 1.12 bits per heavy atom. The molecular weight excluding hydrogens is 336 g/mol. The number of hydrogen-bond acceptors (Lipinski definition) is 4. The van der Waals surface area contributed by atoms with Gasteiger partial charge in [-0.1, -0.05) is 24.3 Å². The molecule has 2 aromatic carbocycles. The number of methoxy groups -OCH3 is 1. The lowest BCUT2D eigenvalue weighted by atomic mass is 10.2. The van der Waals surface area contributed by atoms with Crippen LogP contribution in [0, 0.1) is 0 Å². The molecule has 1 atom stereocenters. The number of anilines is 1. The fourth-order valence-electron chi connectivity index (χ4n) is 2.50. The van der Waals surface area contributed by atoms with Crippen LogP contribution in [0.3, 0.4) is 0 Å². The van der Waals surface area contributed by atoms with E-state index in [0.717, 1.165) is 11.4 Å². The number of amides is 1. The third-order valence-electron chi connectivity index (χ3n) is 3.73. The van der Waals surface area contributed by atoms with Gasteiger partial charge in [-0.3, -0.25) is 4.79 Å². The predicted octanol–water partition coefficient (Wildman–Crippen LogP) is 1.85. The summed E-state index contributed by atoms with van der Waals surface area (Å²) in [5.74, 6) is -0.611. The van der Waals surface area contributed by atoms with Crippen molar-refractivity contribution in [2.24, 2.45) is 0 Å².